The van der Waals surface area contributed by atoms with E-state index >= 15 is 0 Å². The zero-order valence-electron chi connectivity index (χ0n) is 6.48. The average molecular weight is 284 g/mol. The van der Waals surface area contributed by atoms with Crippen molar-refractivity contribution in [3.05, 3.63) is 32.8 Å². The SMILES string of the molecule is O=[N+]([O-])c1cc(Br)ccc1S(=O)(=O)F. The number of nitro groups is 1. The van der Waals surface area contributed by atoms with Gasteiger partial charge in [-0.05, 0) is 12.1 Å². The van der Waals surface area contributed by atoms with Gasteiger partial charge in [-0.2, -0.15) is 8.42 Å². The van der Waals surface area contributed by atoms with Crippen molar-refractivity contribution in [2.24, 2.45) is 0 Å². The second-order valence-corrected chi connectivity index (χ2v) is 4.54. The number of hydrogen-bond acceptors (Lipinski definition) is 4. The van der Waals surface area contributed by atoms with Crippen LogP contribution in [0.2, 0.25) is 0 Å². The molecular formula is C6H3BrFNO4S. The van der Waals surface area contributed by atoms with Crippen LogP contribution in [0.4, 0.5) is 9.57 Å². The predicted molar refractivity (Wildman–Crippen MR) is 49.1 cm³/mol. The standard InChI is InChI=1S/C6H3BrFNO4S/c7-4-1-2-6(14(8,12)13)5(3-4)9(10)11/h1-3H. The van der Waals surface area contributed by atoms with E-state index < -0.39 is 25.7 Å². The summed E-state index contributed by atoms with van der Waals surface area (Å²) in [6, 6.07) is 2.96. The Bertz CT molecular complexity index is 487. The Morgan fingerprint density at radius 2 is 2.00 bits per heavy atom. The molecule has 0 saturated carbocycles. The Hall–Kier alpha value is -1.02. The average Bonchev–Trinajstić information content (AvgIpc) is 2.01. The number of rotatable bonds is 2. The summed E-state index contributed by atoms with van der Waals surface area (Å²) in [6.45, 7) is 0. The highest BCUT2D eigenvalue weighted by Gasteiger charge is 2.25. The van der Waals surface area contributed by atoms with E-state index in [0.717, 1.165) is 12.1 Å². The van der Waals surface area contributed by atoms with E-state index in [1.807, 2.05) is 0 Å². The van der Waals surface area contributed by atoms with Gasteiger partial charge in [-0.15, -0.1) is 3.89 Å². The van der Waals surface area contributed by atoms with Gasteiger partial charge in [0, 0.05) is 10.5 Å². The Kier molecular flexibility index (Phi) is 2.86. The Balaban J connectivity index is 3.53. The zero-order chi connectivity index (χ0) is 10.9. The van der Waals surface area contributed by atoms with Crippen molar-refractivity contribution < 1.29 is 17.2 Å². The van der Waals surface area contributed by atoms with Crippen LogP contribution in [0.1, 0.15) is 0 Å². The first-order valence-electron chi connectivity index (χ1n) is 3.21. The molecule has 0 amide bonds. The fraction of sp³-hybridized carbons (Fsp3) is 0. The molecule has 0 N–H and O–H groups in total. The van der Waals surface area contributed by atoms with Crippen LogP contribution in [0.25, 0.3) is 0 Å². The van der Waals surface area contributed by atoms with Crippen molar-refractivity contribution in [2.75, 3.05) is 0 Å². The molecule has 0 aromatic heterocycles. The number of nitro benzene ring substituents is 1. The first kappa shape index (κ1) is 11.1. The molecule has 0 radical (unpaired) electrons. The quantitative estimate of drug-likeness (QED) is 0.473. The fourth-order valence-corrected chi connectivity index (χ4v) is 1.80. The summed E-state index contributed by atoms with van der Waals surface area (Å²) >= 11 is 2.91. The van der Waals surface area contributed by atoms with Gasteiger partial charge in [0.2, 0.25) is 0 Å². The molecule has 0 fully saturated rings. The predicted octanol–water partition coefficient (Wildman–Crippen LogP) is 2.02. The van der Waals surface area contributed by atoms with Gasteiger partial charge in [-0.1, -0.05) is 15.9 Å². The molecule has 0 aliphatic carbocycles. The van der Waals surface area contributed by atoms with Crippen LogP contribution < -0.4 is 0 Å². The highest BCUT2D eigenvalue weighted by Crippen LogP contribution is 2.28. The fourth-order valence-electron chi connectivity index (χ4n) is 0.839. The third-order valence-corrected chi connectivity index (χ3v) is 2.74. The van der Waals surface area contributed by atoms with Crippen LogP contribution in [0.5, 0.6) is 0 Å². The molecule has 0 bridgehead atoms. The van der Waals surface area contributed by atoms with Crippen molar-refractivity contribution in [3.8, 4) is 0 Å². The van der Waals surface area contributed by atoms with Crippen LogP contribution in [-0.2, 0) is 10.2 Å². The number of halogens is 2. The van der Waals surface area contributed by atoms with Crippen LogP contribution >= 0.6 is 15.9 Å². The van der Waals surface area contributed by atoms with Gasteiger partial charge in [0.25, 0.3) is 5.69 Å². The molecule has 76 valence electrons. The lowest BCUT2D eigenvalue weighted by Crippen LogP contribution is -1.99. The number of hydrogen-bond donors (Lipinski definition) is 0. The highest BCUT2D eigenvalue weighted by molar-refractivity contribution is 9.10. The minimum atomic E-state index is -5.06. The number of nitrogens with zero attached hydrogens (tertiary/aromatic N) is 1. The second kappa shape index (κ2) is 3.62. The van der Waals surface area contributed by atoms with Gasteiger partial charge < -0.3 is 0 Å². The van der Waals surface area contributed by atoms with Crippen molar-refractivity contribution in [1.29, 1.82) is 0 Å². The smallest absolute Gasteiger partial charge is 0.258 e. The molecule has 1 rings (SSSR count). The minimum Gasteiger partial charge on any atom is -0.258 e. The summed E-state index contributed by atoms with van der Waals surface area (Å²) in [5, 5.41) is 10.4. The van der Waals surface area contributed by atoms with Gasteiger partial charge in [0.15, 0.2) is 4.90 Å². The molecule has 0 aliphatic rings. The van der Waals surface area contributed by atoms with Gasteiger partial charge in [-0.3, -0.25) is 10.1 Å². The summed E-state index contributed by atoms with van der Waals surface area (Å²) in [7, 11) is -5.06. The van der Waals surface area contributed by atoms with Gasteiger partial charge in [0.1, 0.15) is 0 Å². The molecule has 8 heteroatoms. The lowest BCUT2D eigenvalue weighted by atomic mass is 10.3. The zero-order valence-corrected chi connectivity index (χ0v) is 8.88. The summed E-state index contributed by atoms with van der Waals surface area (Å²) < 4.78 is 33.8. The van der Waals surface area contributed by atoms with E-state index in [0.29, 0.717) is 4.47 Å². The first-order valence-corrected chi connectivity index (χ1v) is 5.38. The van der Waals surface area contributed by atoms with Crippen molar-refractivity contribution in [2.45, 2.75) is 4.90 Å². The second-order valence-electron chi connectivity index (χ2n) is 2.31. The topological polar surface area (TPSA) is 77.3 Å². The Morgan fingerprint density at radius 1 is 1.43 bits per heavy atom. The van der Waals surface area contributed by atoms with E-state index in [9.17, 15) is 22.4 Å². The van der Waals surface area contributed by atoms with E-state index in [4.69, 9.17) is 0 Å². The van der Waals surface area contributed by atoms with Gasteiger partial charge in [0.05, 0.1) is 4.92 Å². The molecular weight excluding hydrogens is 281 g/mol. The Labute approximate surface area is 87.0 Å². The molecule has 0 saturated heterocycles. The first-order chi connectivity index (χ1) is 6.32. The van der Waals surface area contributed by atoms with E-state index in [1.54, 1.807) is 0 Å². The van der Waals surface area contributed by atoms with E-state index in [2.05, 4.69) is 15.9 Å². The monoisotopic (exact) mass is 283 g/mol. The molecule has 5 nitrogen and oxygen atoms in total. The number of benzene rings is 1. The van der Waals surface area contributed by atoms with Crippen molar-refractivity contribution in [3.63, 3.8) is 0 Å². The van der Waals surface area contributed by atoms with Crippen LogP contribution in [0.3, 0.4) is 0 Å². The summed E-state index contributed by atoms with van der Waals surface area (Å²) in [4.78, 5) is 8.47. The Morgan fingerprint density at radius 3 is 2.43 bits per heavy atom. The van der Waals surface area contributed by atoms with Crippen LogP contribution in [0, 0.1) is 10.1 Å². The van der Waals surface area contributed by atoms with E-state index in [-0.39, 0.29) is 0 Å². The normalized spacial score (nSPS) is 11.3. The molecule has 0 unspecified atom stereocenters. The molecule has 0 atom stereocenters. The van der Waals surface area contributed by atoms with Gasteiger partial charge >= 0.3 is 10.2 Å². The molecule has 1 aromatic carbocycles. The summed E-state index contributed by atoms with van der Waals surface area (Å²) in [6.07, 6.45) is 0. The summed E-state index contributed by atoms with van der Waals surface area (Å²) in [5.74, 6) is 0. The van der Waals surface area contributed by atoms with Gasteiger partial charge in [-0.25, -0.2) is 0 Å². The molecule has 0 heterocycles. The minimum absolute atomic E-state index is 0.302. The maximum Gasteiger partial charge on any atom is 0.338 e. The highest BCUT2D eigenvalue weighted by atomic mass is 79.9. The van der Waals surface area contributed by atoms with Crippen LogP contribution in [0.15, 0.2) is 27.6 Å². The molecule has 0 aliphatic heterocycles. The maximum absolute atomic E-state index is 12.5. The van der Waals surface area contributed by atoms with Crippen molar-refractivity contribution in [1.82, 2.24) is 0 Å². The third kappa shape index (κ3) is 2.26. The lowest BCUT2D eigenvalue weighted by Gasteiger charge is -1.97. The molecule has 0 spiro atoms. The largest absolute Gasteiger partial charge is 0.338 e. The molecule has 1 aromatic rings. The van der Waals surface area contributed by atoms with Crippen molar-refractivity contribution >= 4 is 31.8 Å². The third-order valence-electron chi connectivity index (χ3n) is 1.38. The van der Waals surface area contributed by atoms with E-state index in [1.165, 1.54) is 6.07 Å². The summed E-state index contributed by atoms with van der Waals surface area (Å²) in [5.41, 5.74) is -0.790. The lowest BCUT2D eigenvalue weighted by molar-refractivity contribution is -0.387. The van der Waals surface area contributed by atoms with Crippen LogP contribution in [-0.4, -0.2) is 13.3 Å². The maximum atomic E-state index is 12.5. The molecule has 14 heavy (non-hydrogen) atoms.